The summed E-state index contributed by atoms with van der Waals surface area (Å²) in [5.74, 6) is 0.707. The molecule has 0 radical (unpaired) electrons. The van der Waals surface area contributed by atoms with Gasteiger partial charge in [0, 0.05) is 13.1 Å². The first-order valence-corrected chi connectivity index (χ1v) is 6.94. The van der Waals surface area contributed by atoms with Crippen molar-refractivity contribution in [2.45, 2.75) is 18.4 Å². The van der Waals surface area contributed by atoms with Gasteiger partial charge in [0.25, 0.3) is 0 Å². The maximum Gasteiger partial charge on any atom is 0.192 e. The van der Waals surface area contributed by atoms with Crippen LogP contribution in [0.5, 0.6) is 0 Å². The topological polar surface area (TPSA) is 44.9 Å². The van der Waals surface area contributed by atoms with Crippen molar-refractivity contribution in [3.8, 4) is 0 Å². The molecule has 0 aromatic heterocycles. The second-order valence-corrected chi connectivity index (χ2v) is 5.82. The lowest BCUT2D eigenvalue weighted by Gasteiger charge is -2.37. The fraction of sp³-hybridized carbons (Fsp3) is 0.533. The largest absolute Gasteiger partial charge is 0.370 e. The van der Waals surface area contributed by atoms with E-state index in [1.54, 1.807) is 0 Å². The predicted octanol–water partition coefficient (Wildman–Crippen LogP) is 1.02. The van der Waals surface area contributed by atoms with Crippen molar-refractivity contribution < 1.29 is 0 Å². The molecular weight excluding hydrogens is 236 g/mol. The van der Waals surface area contributed by atoms with Gasteiger partial charge in [-0.3, -0.25) is 4.99 Å². The molecule has 0 saturated heterocycles. The minimum atomic E-state index is 0.0245. The first-order valence-electron chi connectivity index (χ1n) is 6.94. The summed E-state index contributed by atoms with van der Waals surface area (Å²) in [6.07, 6.45) is 2.27. The number of rotatable bonds is 3. The van der Waals surface area contributed by atoms with Gasteiger partial charge in [0.1, 0.15) is 0 Å². The van der Waals surface area contributed by atoms with E-state index in [-0.39, 0.29) is 5.54 Å². The number of nitrogens with zero attached hydrogens (tertiary/aromatic N) is 3. The van der Waals surface area contributed by atoms with Crippen LogP contribution in [0.4, 0.5) is 0 Å². The number of hydrogen-bond acceptors (Lipinski definition) is 4. The van der Waals surface area contributed by atoms with Crippen LogP contribution in [0, 0.1) is 0 Å². The van der Waals surface area contributed by atoms with Crippen LogP contribution in [0.25, 0.3) is 0 Å². The number of benzene rings is 1. The van der Waals surface area contributed by atoms with Crippen LogP contribution in [0.2, 0.25) is 0 Å². The normalized spacial score (nSPS) is 25.2. The summed E-state index contributed by atoms with van der Waals surface area (Å²) in [5, 5.41) is 0. The summed E-state index contributed by atoms with van der Waals surface area (Å²) in [4.78, 5) is 9.04. The molecular formula is C15H22N4. The summed E-state index contributed by atoms with van der Waals surface area (Å²) >= 11 is 0. The first kappa shape index (κ1) is 12.5. The molecule has 1 heterocycles. The minimum absolute atomic E-state index is 0.0245. The number of hydrogen-bond donors (Lipinski definition) is 1. The van der Waals surface area contributed by atoms with E-state index in [1.807, 2.05) is 0 Å². The van der Waals surface area contributed by atoms with E-state index >= 15 is 0 Å². The molecule has 0 fully saturated rings. The van der Waals surface area contributed by atoms with E-state index in [2.05, 4.69) is 53.2 Å². The van der Waals surface area contributed by atoms with Crippen molar-refractivity contribution >= 4 is 5.96 Å². The number of nitrogens with two attached hydrogens (primary N) is 1. The van der Waals surface area contributed by atoms with Gasteiger partial charge < -0.3 is 15.5 Å². The van der Waals surface area contributed by atoms with Crippen molar-refractivity contribution in [1.82, 2.24) is 9.80 Å². The van der Waals surface area contributed by atoms with Crippen LogP contribution in [0.1, 0.15) is 17.5 Å². The molecule has 1 atom stereocenters. The molecule has 1 aromatic carbocycles. The average Bonchev–Trinajstić information content (AvgIpc) is 2.92. The number of guanidine groups is 1. The second kappa shape index (κ2) is 4.53. The Bertz CT molecular complexity index is 509. The zero-order chi connectivity index (χ0) is 13.5. The van der Waals surface area contributed by atoms with Gasteiger partial charge in [-0.1, -0.05) is 24.3 Å². The molecule has 0 amide bonds. The van der Waals surface area contributed by atoms with Gasteiger partial charge in [-0.05, 0) is 38.1 Å². The highest BCUT2D eigenvalue weighted by Crippen LogP contribution is 2.44. The van der Waals surface area contributed by atoms with E-state index in [0.29, 0.717) is 5.96 Å². The third kappa shape index (κ3) is 1.91. The lowest BCUT2D eigenvalue weighted by Crippen LogP contribution is -2.50. The molecule has 4 nitrogen and oxygen atoms in total. The zero-order valence-corrected chi connectivity index (χ0v) is 11.8. The third-order valence-electron chi connectivity index (χ3n) is 4.39. The van der Waals surface area contributed by atoms with Gasteiger partial charge in [0.05, 0.1) is 12.1 Å². The van der Waals surface area contributed by atoms with Gasteiger partial charge >= 0.3 is 0 Å². The number of fused-ring (bicyclic) bond motifs is 2. The average molecular weight is 258 g/mol. The maximum atomic E-state index is 6.13. The van der Waals surface area contributed by atoms with Crippen LogP contribution in [-0.4, -0.2) is 49.5 Å². The molecule has 4 heteroatoms. The summed E-state index contributed by atoms with van der Waals surface area (Å²) < 4.78 is 0. The standard InChI is InChI=1S/C15H22N4/c1-18(2)9-10-19-14(16)17-11-15(19)8-7-12-5-3-4-6-13(12)15/h3-6H,7-11H2,1-2H3,(H2,16,17). The van der Waals surface area contributed by atoms with Crippen LogP contribution >= 0.6 is 0 Å². The van der Waals surface area contributed by atoms with Gasteiger partial charge in [0.15, 0.2) is 5.96 Å². The van der Waals surface area contributed by atoms with Crippen molar-refractivity contribution in [2.24, 2.45) is 10.7 Å². The summed E-state index contributed by atoms with van der Waals surface area (Å²) in [6, 6.07) is 8.74. The molecule has 2 N–H and O–H groups in total. The van der Waals surface area contributed by atoms with Gasteiger partial charge in [0.2, 0.25) is 0 Å². The molecule has 102 valence electrons. The molecule has 19 heavy (non-hydrogen) atoms. The van der Waals surface area contributed by atoms with Crippen molar-refractivity contribution in [2.75, 3.05) is 33.7 Å². The minimum Gasteiger partial charge on any atom is -0.370 e. The molecule has 3 rings (SSSR count). The van der Waals surface area contributed by atoms with E-state index < -0.39 is 0 Å². The highest BCUT2D eigenvalue weighted by molar-refractivity contribution is 5.81. The molecule has 0 bridgehead atoms. The Balaban J connectivity index is 1.92. The Morgan fingerprint density at radius 3 is 2.95 bits per heavy atom. The highest BCUT2D eigenvalue weighted by Gasteiger charge is 2.47. The smallest absolute Gasteiger partial charge is 0.192 e. The Hall–Kier alpha value is -1.55. The molecule has 1 aliphatic carbocycles. The van der Waals surface area contributed by atoms with Gasteiger partial charge in [-0.2, -0.15) is 0 Å². The fourth-order valence-corrected chi connectivity index (χ4v) is 3.34. The SMILES string of the molecule is CN(C)CCN1C(N)=NCC12CCc1ccccc12. The first-order chi connectivity index (χ1) is 9.13. The maximum absolute atomic E-state index is 6.13. The summed E-state index contributed by atoms with van der Waals surface area (Å²) in [6.45, 7) is 2.75. The van der Waals surface area contributed by atoms with Gasteiger partial charge in [-0.25, -0.2) is 0 Å². The van der Waals surface area contributed by atoms with E-state index in [4.69, 9.17) is 5.73 Å². The molecule has 1 aliphatic heterocycles. The Morgan fingerprint density at radius 1 is 1.37 bits per heavy atom. The van der Waals surface area contributed by atoms with Crippen LogP contribution in [0.15, 0.2) is 29.3 Å². The lowest BCUT2D eigenvalue weighted by molar-refractivity contribution is 0.185. The molecule has 1 unspecified atom stereocenters. The Morgan fingerprint density at radius 2 is 2.16 bits per heavy atom. The third-order valence-corrected chi connectivity index (χ3v) is 4.39. The van der Waals surface area contributed by atoms with E-state index in [1.165, 1.54) is 11.1 Å². The van der Waals surface area contributed by atoms with Crippen LogP contribution in [-0.2, 0) is 12.0 Å². The monoisotopic (exact) mass is 258 g/mol. The number of aliphatic imine (C=N–C) groups is 1. The summed E-state index contributed by atoms with van der Waals surface area (Å²) in [5.41, 5.74) is 9.05. The second-order valence-electron chi connectivity index (χ2n) is 5.82. The molecule has 1 aromatic rings. The van der Waals surface area contributed by atoms with Gasteiger partial charge in [-0.15, -0.1) is 0 Å². The predicted molar refractivity (Wildman–Crippen MR) is 78.2 cm³/mol. The van der Waals surface area contributed by atoms with Crippen molar-refractivity contribution in [1.29, 1.82) is 0 Å². The van der Waals surface area contributed by atoms with Crippen molar-refractivity contribution in [3.63, 3.8) is 0 Å². The number of aryl methyl sites for hydroxylation is 1. The Kier molecular flexibility index (Phi) is 2.97. The van der Waals surface area contributed by atoms with E-state index in [9.17, 15) is 0 Å². The number of likely N-dealkylation sites (N-methyl/N-ethyl adjacent to an activating group) is 1. The molecule has 0 saturated carbocycles. The Labute approximate surface area is 114 Å². The summed E-state index contributed by atoms with van der Waals surface area (Å²) in [7, 11) is 4.19. The van der Waals surface area contributed by atoms with Crippen molar-refractivity contribution in [3.05, 3.63) is 35.4 Å². The quantitative estimate of drug-likeness (QED) is 0.880. The molecule has 2 aliphatic rings. The van der Waals surface area contributed by atoms with Crippen LogP contribution < -0.4 is 5.73 Å². The van der Waals surface area contributed by atoms with E-state index in [0.717, 1.165) is 32.5 Å². The lowest BCUT2D eigenvalue weighted by atomic mass is 9.91. The fourth-order valence-electron chi connectivity index (χ4n) is 3.34. The van der Waals surface area contributed by atoms with Crippen LogP contribution in [0.3, 0.4) is 0 Å². The molecule has 1 spiro atoms. The highest BCUT2D eigenvalue weighted by atomic mass is 15.4. The zero-order valence-electron chi connectivity index (χ0n) is 11.8.